The Labute approximate surface area is 138 Å². The standard InChI is InChI=1S/C16H20F3NO2S/c1-15(2,3)22-14(21)20-11-8-13(9-11)23-12-6-4-5-10(7-12)16(17,18)19/h4-7,11,13H,8-9H2,1-3H3,(H,20,21)/t11-,13-. The summed E-state index contributed by atoms with van der Waals surface area (Å²) in [6.07, 6.45) is -3.33. The summed E-state index contributed by atoms with van der Waals surface area (Å²) in [4.78, 5) is 12.2. The number of carbonyl (C=O) groups excluding carboxylic acids is 1. The number of alkyl halides is 3. The summed E-state index contributed by atoms with van der Waals surface area (Å²) in [6.45, 7) is 5.37. The maximum Gasteiger partial charge on any atom is 0.416 e. The Morgan fingerprint density at radius 1 is 1.26 bits per heavy atom. The molecule has 128 valence electrons. The average molecular weight is 347 g/mol. The van der Waals surface area contributed by atoms with Crippen molar-refractivity contribution in [3.8, 4) is 0 Å². The fraction of sp³-hybridized carbons (Fsp3) is 0.562. The van der Waals surface area contributed by atoms with Crippen molar-refractivity contribution >= 4 is 17.9 Å². The highest BCUT2D eigenvalue weighted by Gasteiger charge is 2.34. The number of alkyl carbamates (subject to hydrolysis) is 1. The summed E-state index contributed by atoms with van der Waals surface area (Å²) in [5.74, 6) is 0. The molecule has 1 fully saturated rings. The van der Waals surface area contributed by atoms with E-state index in [1.54, 1.807) is 26.8 Å². The zero-order valence-corrected chi connectivity index (χ0v) is 14.1. The number of hydrogen-bond donors (Lipinski definition) is 1. The number of ether oxygens (including phenoxy) is 1. The Balaban J connectivity index is 1.79. The maximum atomic E-state index is 12.7. The number of benzene rings is 1. The molecule has 1 aromatic rings. The van der Waals surface area contributed by atoms with E-state index in [1.165, 1.54) is 23.9 Å². The predicted molar refractivity (Wildman–Crippen MR) is 83.5 cm³/mol. The minimum absolute atomic E-state index is 0.0214. The van der Waals surface area contributed by atoms with Crippen molar-refractivity contribution in [1.82, 2.24) is 5.32 Å². The summed E-state index contributed by atoms with van der Waals surface area (Å²) in [7, 11) is 0. The number of thioether (sulfide) groups is 1. The molecule has 0 aliphatic heterocycles. The molecule has 0 bridgehead atoms. The Kier molecular flexibility index (Phi) is 5.18. The van der Waals surface area contributed by atoms with E-state index in [2.05, 4.69) is 5.32 Å². The van der Waals surface area contributed by atoms with Crippen molar-refractivity contribution in [3.05, 3.63) is 29.8 Å². The van der Waals surface area contributed by atoms with E-state index in [9.17, 15) is 18.0 Å². The van der Waals surface area contributed by atoms with E-state index in [-0.39, 0.29) is 11.3 Å². The molecule has 1 amide bonds. The van der Waals surface area contributed by atoms with Gasteiger partial charge in [-0.3, -0.25) is 0 Å². The quantitative estimate of drug-likeness (QED) is 0.849. The van der Waals surface area contributed by atoms with Gasteiger partial charge in [0.15, 0.2) is 0 Å². The highest BCUT2D eigenvalue weighted by Crippen LogP contribution is 2.39. The van der Waals surface area contributed by atoms with Gasteiger partial charge in [-0.15, -0.1) is 11.8 Å². The van der Waals surface area contributed by atoms with Crippen LogP contribution in [0.3, 0.4) is 0 Å². The first kappa shape index (κ1) is 18.0. The lowest BCUT2D eigenvalue weighted by Crippen LogP contribution is -2.47. The van der Waals surface area contributed by atoms with Crippen LogP contribution in [0.1, 0.15) is 39.2 Å². The highest BCUT2D eigenvalue weighted by atomic mass is 32.2. The fourth-order valence-corrected chi connectivity index (χ4v) is 3.59. The van der Waals surface area contributed by atoms with E-state index in [4.69, 9.17) is 4.74 Å². The van der Waals surface area contributed by atoms with Gasteiger partial charge in [-0.2, -0.15) is 13.2 Å². The van der Waals surface area contributed by atoms with Crippen LogP contribution in [0.15, 0.2) is 29.2 Å². The van der Waals surface area contributed by atoms with Crippen molar-refractivity contribution in [1.29, 1.82) is 0 Å². The summed E-state index contributed by atoms with van der Waals surface area (Å²) >= 11 is 1.41. The van der Waals surface area contributed by atoms with Crippen LogP contribution in [0.5, 0.6) is 0 Å². The zero-order valence-electron chi connectivity index (χ0n) is 13.2. The van der Waals surface area contributed by atoms with Gasteiger partial charge in [0.2, 0.25) is 0 Å². The summed E-state index contributed by atoms with van der Waals surface area (Å²) in [5.41, 5.74) is -1.18. The molecular weight excluding hydrogens is 327 g/mol. The molecule has 3 nitrogen and oxygen atoms in total. The van der Waals surface area contributed by atoms with Gasteiger partial charge in [-0.1, -0.05) is 6.07 Å². The number of hydrogen-bond acceptors (Lipinski definition) is 3. The molecule has 0 aromatic heterocycles. The second-order valence-corrected chi connectivity index (χ2v) is 7.95. The number of carbonyl (C=O) groups is 1. The van der Waals surface area contributed by atoms with Crippen molar-refractivity contribution < 1.29 is 22.7 Å². The van der Waals surface area contributed by atoms with Crippen molar-refractivity contribution in [3.63, 3.8) is 0 Å². The van der Waals surface area contributed by atoms with Gasteiger partial charge in [0, 0.05) is 16.2 Å². The number of amides is 1. The van der Waals surface area contributed by atoms with Gasteiger partial charge < -0.3 is 10.1 Å². The van der Waals surface area contributed by atoms with Gasteiger partial charge in [0.25, 0.3) is 0 Å². The first-order chi connectivity index (χ1) is 10.5. The lowest BCUT2D eigenvalue weighted by Gasteiger charge is -2.35. The summed E-state index contributed by atoms with van der Waals surface area (Å²) in [5, 5.41) is 2.98. The Morgan fingerprint density at radius 2 is 1.91 bits per heavy atom. The van der Waals surface area contributed by atoms with Crippen LogP contribution in [-0.4, -0.2) is 23.0 Å². The van der Waals surface area contributed by atoms with Gasteiger partial charge in [-0.25, -0.2) is 4.79 Å². The highest BCUT2D eigenvalue weighted by molar-refractivity contribution is 8.00. The molecule has 2 rings (SSSR count). The lowest BCUT2D eigenvalue weighted by atomic mass is 9.92. The van der Waals surface area contributed by atoms with Crippen LogP contribution in [0.25, 0.3) is 0 Å². The van der Waals surface area contributed by atoms with Crippen molar-refractivity contribution in [2.75, 3.05) is 0 Å². The topological polar surface area (TPSA) is 38.3 Å². The van der Waals surface area contributed by atoms with E-state index in [0.29, 0.717) is 4.90 Å². The monoisotopic (exact) mass is 347 g/mol. The maximum absolute atomic E-state index is 12.7. The fourth-order valence-electron chi connectivity index (χ4n) is 2.19. The van der Waals surface area contributed by atoms with Gasteiger partial charge >= 0.3 is 12.3 Å². The van der Waals surface area contributed by atoms with E-state index >= 15 is 0 Å². The third-order valence-electron chi connectivity index (χ3n) is 3.28. The van der Waals surface area contributed by atoms with Gasteiger partial charge in [-0.05, 0) is 51.8 Å². The molecule has 7 heteroatoms. The average Bonchev–Trinajstić information content (AvgIpc) is 2.33. The molecule has 1 aromatic carbocycles. The molecule has 0 atom stereocenters. The molecular formula is C16H20F3NO2S. The molecule has 0 radical (unpaired) electrons. The van der Waals surface area contributed by atoms with E-state index in [0.717, 1.165) is 18.9 Å². The molecule has 1 N–H and O–H groups in total. The van der Waals surface area contributed by atoms with Crippen LogP contribution in [0.2, 0.25) is 0 Å². The number of rotatable bonds is 3. The number of nitrogens with one attached hydrogen (secondary N) is 1. The minimum atomic E-state index is -4.32. The normalized spacial score (nSPS) is 21.5. The van der Waals surface area contributed by atoms with E-state index < -0.39 is 23.4 Å². The smallest absolute Gasteiger partial charge is 0.416 e. The van der Waals surface area contributed by atoms with Crippen LogP contribution >= 0.6 is 11.8 Å². The van der Waals surface area contributed by atoms with Gasteiger partial charge in [0.05, 0.1) is 5.56 Å². The molecule has 0 saturated heterocycles. The first-order valence-electron chi connectivity index (χ1n) is 7.36. The predicted octanol–water partition coefficient (Wildman–Crippen LogP) is 4.85. The minimum Gasteiger partial charge on any atom is -0.444 e. The van der Waals surface area contributed by atoms with Crippen molar-refractivity contribution in [2.24, 2.45) is 0 Å². The second kappa shape index (κ2) is 6.63. The molecule has 1 aliphatic rings. The zero-order chi connectivity index (χ0) is 17.3. The van der Waals surface area contributed by atoms with E-state index in [1.807, 2.05) is 0 Å². The first-order valence-corrected chi connectivity index (χ1v) is 8.24. The SMILES string of the molecule is CC(C)(C)OC(=O)N[C@H]1C[C@H](Sc2cccc(C(F)(F)F)c2)C1. The summed E-state index contributed by atoms with van der Waals surface area (Å²) in [6, 6.07) is 5.35. The number of halogens is 3. The Morgan fingerprint density at radius 3 is 2.48 bits per heavy atom. The Bertz CT molecular complexity index is 563. The molecule has 0 heterocycles. The molecule has 23 heavy (non-hydrogen) atoms. The molecule has 0 spiro atoms. The van der Waals surface area contributed by atoms with Gasteiger partial charge in [0.1, 0.15) is 5.60 Å². The Hall–Kier alpha value is -1.37. The molecule has 1 saturated carbocycles. The van der Waals surface area contributed by atoms with Crippen LogP contribution in [0, 0.1) is 0 Å². The van der Waals surface area contributed by atoms with Crippen LogP contribution in [0.4, 0.5) is 18.0 Å². The summed E-state index contributed by atoms with van der Waals surface area (Å²) < 4.78 is 43.2. The second-order valence-electron chi connectivity index (χ2n) is 6.58. The third-order valence-corrected chi connectivity index (χ3v) is 4.52. The largest absolute Gasteiger partial charge is 0.444 e. The van der Waals surface area contributed by atoms with Crippen molar-refractivity contribution in [2.45, 2.75) is 61.6 Å². The third kappa shape index (κ3) is 5.64. The van der Waals surface area contributed by atoms with Crippen LogP contribution in [-0.2, 0) is 10.9 Å². The lowest BCUT2D eigenvalue weighted by molar-refractivity contribution is -0.137. The van der Waals surface area contributed by atoms with Crippen LogP contribution < -0.4 is 5.32 Å². The molecule has 0 unspecified atom stereocenters. The molecule has 1 aliphatic carbocycles.